The molecule has 17 heavy (non-hydrogen) atoms. The molecule has 0 aromatic heterocycles. The van der Waals surface area contributed by atoms with Crippen molar-refractivity contribution >= 4 is 28.9 Å². The van der Waals surface area contributed by atoms with Crippen LogP contribution in [-0.4, -0.2) is 6.04 Å². The van der Waals surface area contributed by atoms with Crippen molar-refractivity contribution in [2.24, 2.45) is 11.8 Å². The van der Waals surface area contributed by atoms with Gasteiger partial charge in [-0.1, -0.05) is 37.0 Å². The molecule has 0 aliphatic heterocycles. The molecule has 3 atom stereocenters. The molecule has 1 nitrogen and oxygen atoms in total. The van der Waals surface area contributed by atoms with Crippen LogP contribution >= 0.6 is 23.2 Å². The summed E-state index contributed by atoms with van der Waals surface area (Å²) < 4.78 is 0. The van der Waals surface area contributed by atoms with Gasteiger partial charge in [0.25, 0.3) is 0 Å². The summed E-state index contributed by atoms with van der Waals surface area (Å²) in [5.74, 6) is 1.57. The van der Waals surface area contributed by atoms with E-state index in [0.717, 1.165) is 11.6 Å². The van der Waals surface area contributed by atoms with Crippen molar-refractivity contribution in [3.8, 4) is 0 Å². The van der Waals surface area contributed by atoms with Crippen molar-refractivity contribution in [3.63, 3.8) is 0 Å². The molecule has 0 radical (unpaired) electrons. The van der Waals surface area contributed by atoms with Gasteiger partial charge in [-0.15, -0.1) is 0 Å². The highest BCUT2D eigenvalue weighted by molar-refractivity contribution is 6.42. The second kappa shape index (κ2) is 5.49. The maximum absolute atomic E-state index is 6.02. The van der Waals surface area contributed by atoms with Gasteiger partial charge in [0, 0.05) is 11.7 Å². The highest BCUT2D eigenvalue weighted by Gasteiger charge is 2.25. The first kappa shape index (κ1) is 13.0. The molecular formula is C14H19Cl2N. The van der Waals surface area contributed by atoms with Crippen molar-refractivity contribution in [1.29, 1.82) is 0 Å². The molecule has 1 aliphatic rings. The van der Waals surface area contributed by atoms with Crippen LogP contribution in [0.4, 0.5) is 5.69 Å². The van der Waals surface area contributed by atoms with Gasteiger partial charge in [0.05, 0.1) is 10.0 Å². The van der Waals surface area contributed by atoms with E-state index in [2.05, 4.69) is 19.2 Å². The monoisotopic (exact) mass is 271 g/mol. The molecule has 1 N–H and O–H groups in total. The van der Waals surface area contributed by atoms with Crippen LogP contribution < -0.4 is 5.32 Å². The Kier molecular flexibility index (Phi) is 4.22. The van der Waals surface area contributed by atoms with Gasteiger partial charge in [-0.05, 0) is 49.3 Å². The summed E-state index contributed by atoms with van der Waals surface area (Å²) >= 11 is 11.9. The smallest absolute Gasteiger partial charge is 0.0612 e. The third-order valence-corrected chi connectivity index (χ3v) is 4.44. The minimum Gasteiger partial charge on any atom is -0.382 e. The minimum absolute atomic E-state index is 0.559. The first-order chi connectivity index (χ1) is 8.06. The number of hydrogen-bond donors (Lipinski definition) is 1. The summed E-state index contributed by atoms with van der Waals surface area (Å²) in [5.41, 5.74) is 1.07. The van der Waals surface area contributed by atoms with Crippen LogP contribution in [0.25, 0.3) is 0 Å². The lowest BCUT2D eigenvalue weighted by molar-refractivity contribution is 0.276. The summed E-state index contributed by atoms with van der Waals surface area (Å²) in [4.78, 5) is 0. The van der Waals surface area contributed by atoms with E-state index in [1.807, 2.05) is 18.2 Å². The summed E-state index contributed by atoms with van der Waals surface area (Å²) in [7, 11) is 0. The van der Waals surface area contributed by atoms with Crippen LogP contribution in [0.1, 0.15) is 33.1 Å². The van der Waals surface area contributed by atoms with Crippen LogP contribution in [0.5, 0.6) is 0 Å². The van der Waals surface area contributed by atoms with Crippen molar-refractivity contribution in [2.45, 2.75) is 39.2 Å². The number of hydrogen-bond acceptors (Lipinski definition) is 1. The summed E-state index contributed by atoms with van der Waals surface area (Å²) in [6.07, 6.45) is 3.85. The molecule has 0 heterocycles. The van der Waals surface area contributed by atoms with Gasteiger partial charge in [0.2, 0.25) is 0 Å². The van der Waals surface area contributed by atoms with E-state index in [4.69, 9.17) is 23.2 Å². The van der Waals surface area contributed by atoms with Gasteiger partial charge < -0.3 is 5.32 Å². The lowest BCUT2D eigenvalue weighted by Gasteiger charge is -2.33. The molecule has 0 spiro atoms. The Morgan fingerprint density at radius 3 is 2.53 bits per heavy atom. The van der Waals surface area contributed by atoms with Crippen molar-refractivity contribution in [3.05, 3.63) is 28.2 Å². The molecule has 94 valence electrons. The van der Waals surface area contributed by atoms with E-state index in [-0.39, 0.29) is 0 Å². The Morgan fingerprint density at radius 1 is 1.12 bits per heavy atom. The Labute approximate surface area is 114 Å². The van der Waals surface area contributed by atoms with Gasteiger partial charge in [-0.3, -0.25) is 0 Å². The molecule has 1 aromatic rings. The van der Waals surface area contributed by atoms with Crippen molar-refractivity contribution < 1.29 is 0 Å². The van der Waals surface area contributed by atoms with Gasteiger partial charge >= 0.3 is 0 Å². The average molecular weight is 272 g/mol. The fourth-order valence-corrected chi connectivity index (χ4v) is 2.98. The van der Waals surface area contributed by atoms with Crippen LogP contribution in [0.3, 0.4) is 0 Å². The third-order valence-electron chi connectivity index (χ3n) is 3.70. The Balaban J connectivity index is 2.02. The van der Waals surface area contributed by atoms with E-state index in [0.29, 0.717) is 22.0 Å². The van der Waals surface area contributed by atoms with Crippen LogP contribution in [0.2, 0.25) is 10.0 Å². The largest absolute Gasteiger partial charge is 0.382 e. The zero-order chi connectivity index (χ0) is 12.4. The van der Waals surface area contributed by atoms with E-state index in [1.165, 1.54) is 19.3 Å². The van der Waals surface area contributed by atoms with Crippen molar-refractivity contribution in [2.75, 3.05) is 5.32 Å². The maximum atomic E-state index is 6.02. The van der Waals surface area contributed by atoms with Crippen molar-refractivity contribution in [1.82, 2.24) is 0 Å². The second-order valence-electron chi connectivity index (χ2n) is 5.28. The second-order valence-corrected chi connectivity index (χ2v) is 6.09. The standard InChI is InChI=1S/C14H19Cl2N/c1-9-3-6-14(10(2)7-9)17-11-4-5-12(15)13(16)8-11/h4-5,8-10,14,17H,3,6-7H2,1-2H3. The number of anilines is 1. The highest BCUT2D eigenvalue weighted by atomic mass is 35.5. The lowest BCUT2D eigenvalue weighted by atomic mass is 9.80. The Hall–Kier alpha value is -0.400. The fraction of sp³-hybridized carbons (Fsp3) is 0.571. The number of halogens is 2. The third kappa shape index (κ3) is 3.29. The molecule has 1 aromatic carbocycles. The van der Waals surface area contributed by atoms with E-state index >= 15 is 0 Å². The number of nitrogens with one attached hydrogen (secondary N) is 1. The summed E-state index contributed by atoms with van der Waals surface area (Å²) in [6.45, 7) is 4.66. The van der Waals surface area contributed by atoms with E-state index in [1.54, 1.807) is 0 Å². The molecule has 1 saturated carbocycles. The van der Waals surface area contributed by atoms with E-state index in [9.17, 15) is 0 Å². The first-order valence-corrected chi connectivity index (χ1v) is 7.03. The molecular weight excluding hydrogens is 253 g/mol. The minimum atomic E-state index is 0.559. The zero-order valence-electron chi connectivity index (χ0n) is 10.3. The highest BCUT2D eigenvalue weighted by Crippen LogP contribution is 2.32. The zero-order valence-corrected chi connectivity index (χ0v) is 11.9. The Bertz CT molecular complexity index is 392. The molecule has 1 fully saturated rings. The fourth-order valence-electron chi connectivity index (χ4n) is 2.68. The van der Waals surface area contributed by atoms with Gasteiger partial charge in [0.1, 0.15) is 0 Å². The molecule has 1 aliphatic carbocycles. The average Bonchev–Trinajstić information content (AvgIpc) is 2.27. The van der Waals surface area contributed by atoms with Crippen LogP contribution in [0, 0.1) is 11.8 Å². The molecule has 2 rings (SSSR count). The predicted molar refractivity (Wildman–Crippen MR) is 76.1 cm³/mol. The number of benzene rings is 1. The normalized spacial score (nSPS) is 29.1. The van der Waals surface area contributed by atoms with Crippen LogP contribution in [0.15, 0.2) is 18.2 Å². The topological polar surface area (TPSA) is 12.0 Å². The molecule has 0 bridgehead atoms. The van der Waals surface area contributed by atoms with Crippen LogP contribution in [-0.2, 0) is 0 Å². The SMILES string of the molecule is CC1CCC(Nc2ccc(Cl)c(Cl)c2)C(C)C1. The van der Waals surface area contributed by atoms with Gasteiger partial charge in [-0.2, -0.15) is 0 Å². The van der Waals surface area contributed by atoms with Gasteiger partial charge in [-0.25, -0.2) is 0 Å². The molecule has 0 amide bonds. The lowest BCUT2D eigenvalue weighted by Crippen LogP contribution is -2.32. The Morgan fingerprint density at radius 2 is 1.88 bits per heavy atom. The van der Waals surface area contributed by atoms with Gasteiger partial charge in [0.15, 0.2) is 0 Å². The quantitative estimate of drug-likeness (QED) is 0.777. The predicted octanol–water partition coefficient (Wildman–Crippen LogP) is 5.23. The molecule has 3 unspecified atom stereocenters. The summed E-state index contributed by atoms with van der Waals surface area (Å²) in [5, 5.41) is 4.81. The molecule has 0 saturated heterocycles. The van der Waals surface area contributed by atoms with E-state index < -0.39 is 0 Å². The maximum Gasteiger partial charge on any atom is 0.0612 e. The first-order valence-electron chi connectivity index (χ1n) is 6.28. The molecule has 3 heteroatoms. The summed E-state index contributed by atoms with van der Waals surface area (Å²) in [6, 6.07) is 6.32. The number of rotatable bonds is 2.